The van der Waals surface area contributed by atoms with Crippen LogP contribution in [0, 0.1) is 6.92 Å². The number of amides is 3. The van der Waals surface area contributed by atoms with Crippen LogP contribution in [0.3, 0.4) is 0 Å². The molecule has 1 aliphatic heterocycles. The van der Waals surface area contributed by atoms with Gasteiger partial charge >= 0.3 is 6.03 Å². The largest absolute Gasteiger partial charge is 0.335 e. The Balaban J connectivity index is 1.56. The highest BCUT2D eigenvalue weighted by Gasteiger charge is 2.27. The van der Waals surface area contributed by atoms with Crippen LogP contribution in [-0.4, -0.2) is 59.9 Å². The Hall–Kier alpha value is -2.34. The standard InChI is InChI=1S/C21H24BrN3O2/c1-16-14-18(22)8-9-19(16)20(26)24-10-12-25(13-11-24)21(27)23(2)15-17-6-4-3-5-7-17/h3-9,14H,10-13,15H2,1-2H3. The SMILES string of the molecule is Cc1cc(Br)ccc1C(=O)N1CCN(C(=O)N(C)Cc2ccccc2)CC1. The van der Waals surface area contributed by atoms with Crippen molar-refractivity contribution in [2.75, 3.05) is 33.2 Å². The van der Waals surface area contributed by atoms with E-state index in [9.17, 15) is 9.59 Å². The molecule has 0 unspecified atom stereocenters. The van der Waals surface area contributed by atoms with E-state index >= 15 is 0 Å². The maximum absolute atomic E-state index is 12.8. The van der Waals surface area contributed by atoms with E-state index in [-0.39, 0.29) is 11.9 Å². The van der Waals surface area contributed by atoms with Gasteiger partial charge in [0.05, 0.1) is 0 Å². The van der Waals surface area contributed by atoms with E-state index in [1.165, 1.54) is 0 Å². The number of halogens is 1. The number of carbonyl (C=O) groups is 2. The minimum atomic E-state index is 0.00535. The topological polar surface area (TPSA) is 43.9 Å². The molecule has 3 rings (SSSR count). The highest BCUT2D eigenvalue weighted by Crippen LogP contribution is 2.18. The molecule has 2 aromatic rings. The zero-order valence-corrected chi connectivity index (χ0v) is 17.3. The van der Waals surface area contributed by atoms with Crippen LogP contribution >= 0.6 is 15.9 Å². The van der Waals surface area contributed by atoms with Gasteiger partial charge in [-0.15, -0.1) is 0 Å². The first-order valence-corrected chi connectivity index (χ1v) is 9.84. The number of rotatable bonds is 3. The first kappa shape index (κ1) is 19.4. The van der Waals surface area contributed by atoms with Gasteiger partial charge in [-0.1, -0.05) is 46.3 Å². The van der Waals surface area contributed by atoms with E-state index in [0.717, 1.165) is 21.2 Å². The summed E-state index contributed by atoms with van der Waals surface area (Å²) in [6.45, 7) is 4.74. The van der Waals surface area contributed by atoms with Crippen molar-refractivity contribution < 1.29 is 9.59 Å². The lowest BCUT2D eigenvalue weighted by Crippen LogP contribution is -2.53. The van der Waals surface area contributed by atoms with E-state index in [2.05, 4.69) is 15.9 Å². The highest BCUT2D eigenvalue weighted by molar-refractivity contribution is 9.10. The number of benzene rings is 2. The van der Waals surface area contributed by atoms with E-state index in [4.69, 9.17) is 0 Å². The average Bonchev–Trinajstić information content (AvgIpc) is 2.68. The molecule has 1 saturated heterocycles. The lowest BCUT2D eigenvalue weighted by Gasteiger charge is -2.37. The fourth-order valence-electron chi connectivity index (χ4n) is 3.30. The molecule has 0 aromatic heterocycles. The third-order valence-corrected chi connectivity index (χ3v) is 5.34. The van der Waals surface area contributed by atoms with Gasteiger partial charge in [-0.3, -0.25) is 4.79 Å². The zero-order chi connectivity index (χ0) is 19.4. The second-order valence-corrected chi connectivity index (χ2v) is 7.78. The Kier molecular flexibility index (Phi) is 6.16. The molecule has 0 aliphatic carbocycles. The fourth-order valence-corrected chi connectivity index (χ4v) is 3.78. The van der Waals surface area contributed by atoms with Gasteiger partial charge in [-0.2, -0.15) is 0 Å². The maximum Gasteiger partial charge on any atom is 0.320 e. The zero-order valence-electron chi connectivity index (χ0n) is 15.7. The van der Waals surface area contributed by atoms with Crippen molar-refractivity contribution in [3.63, 3.8) is 0 Å². The lowest BCUT2D eigenvalue weighted by atomic mass is 10.1. The van der Waals surface area contributed by atoms with Gasteiger partial charge in [0.1, 0.15) is 0 Å². The second kappa shape index (κ2) is 8.57. The smallest absolute Gasteiger partial charge is 0.320 e. The molecule has 1 aliphatic rings. The summed E-state index contributed by atoms with van der Waals surface area (Å²) >= 11 is 3.43. The van der Waals surface area contributed by atoms with Gasteiger partial charge in [0.15, 0.2) is 0 Å². The van der Waals surface area contributed by atoms with Crippen LogP contribution in [0.1, 0.15) is 21.5 Å². The van der Waals surface area contributed by atoms with E-state index in [0.29, 0.717) is 32.7 Å². The molecule has 5 nitrogen and oxygen atoms in total. The van der Waals surface area contributed by atoms with Gasteiger partial charge in [0.2, 0.25) is 0 Å². The Morgan fingerprint density at radius 1 is 1.00 bits per heavy atom. The Labute approximate surface area is 168 Å². The van der Waals surface area contributed by atoms with Gasteiger partial charge in [0, 0.05) is 49.8 Å². The maximum atomic E-state index is 12.8. The van der Waals surface area contributed by atoms with Crippen molar-refractivity contribution in [2.45, 2.75) is 13.5 Å². The van der Waals surface area contributed by atoms with Crippen LogP contribution in [0.25, 0.3) is 0 Å². The first-order chi connectivity index (χ1) is 13.0. The summed E-state index contributed by atoms with van der Waals surface area (Å²) in [4.78, 5) is 30.8. The van der Waals surface area contributed by atoms with Crippen LogP contribution in [0.2, 0.25) is 0 Å². The molecular weight excluding hydrogens is 406 g/mol. The summed E-state index contributed by atoms with van der Waals surface area (Å²) in [7, 11) is 1.82. The molecule has 0 N–H and O–H groups in total. The normalized spacial score (nSPS) is 14.2. The van der Waals surface area contributed by atoms with Crippen molar-refractivity contribution in [2.24, 2.45) is 0 Å². The number of hydrogen-bond donors (Lipinski definition) is 0. The Morgan fingerprint density at radius 2 is 1.63 bits per heavy atom. The first-order valence-electron chi connectivity index (χ1n) is 9.05. The number of nitrogens with zero attached hydrogens (tertiary/aromatic N) is 3. The number of carbonyl (C=O) groups excluding carboxylic acids is 2. The Morgan fingerprint density at radius 3 is 2.26 bits per heavy atom. The van der Waals surface area contributed by atoms with Crippen molar-refractivity contribution in [1.82, 2.24) is 14.7 Å². The fraction of sp³-hybridized carbons (Fsp3) is 0.333. The van der Waals surface area contributed by atoms with Crippen LogP contribution in [-0.2, 0) is 6.54 Å². The van der Waals surface area contributed by atoms with Crippen LogP contribution in [0.4, 0.5) is 4.79 Å². The number of aryl methyl sites for hydroxylation is 1. The lowest BCUT2D eigenvalue weighted by molar-refractivity contribution is 0.0643. The van der Waals surface area contributed by atoms with E-state index in [1.54, 1.807) is 4.90 Å². The summed E-state index contributed by atoms with van der Waals surface area (Å²) in [5.41, 5.74) is 2.78. The van der Waals surface area contributed by atoms with Gasteiger partial charge < -0.3 is 14.7 Å². The quantitative estimate of drug-likeness (QED) is 0.744. The van der Waals surface area contributed by atoms with Crippen molar-refractivity contribution >= 4 is 27.9 Å². The summed E-state index contributed by atoms with van der Waals surface area (Å²) in [6, 6.07) is 15.6. The molecule has 27 heavy (non-hydrogen) atoms. The van der Waals surface area contributed by atoms with E-state index < -0.39 is 0 Å². The molecule has 2 aromatic carbocycles. The molecule has 6 heteroatoms. The highest BCUT2D eigenvalue weighted by atomic mass is 79.9. The van der Waals surface area contributed by atoms with Crippen LogP contribution in [0.15, 0.2) is 53.0 Å². The molecule has 0 spiro atoms. The molecule has 1 heterocycles. The van der Waals surface area contributed by atoms with Crippen molar-refractivity contribution in [3.05, 3.63) is 69.7 Å². The molecule has 0 radical (unpaired) electrons. The minimum Gasteiger partial charge on any atom is -0.335 e. The summed E-state index contributed by atoms with van der Waals surface area (Å²) < 4.78 is 0.966. The molecule has 0 saturated carbocycles. The third kappa shape index (κ3) is 4.69. The summed E-state index contributed by atoms with van der Waals surface area (Å²) in [6.07, 6.45) is 0. The summed E-state index contributed by atoms with van der Waals surface area (Å²) in [5.74, 6) is 0.0322. The number of piperazine rings is 1. The van der Waals surface area contributed by atoms with Crippen molar-refractivity contribution in [1.29, 1.82) is 0 Å². The molecule has 1 fully saturated rings. The predicted octanol–water partition coefficient (Wildman–Crippen LogP) is 3.77. The number of urea groups is 1. The van der Waals surface area contributed by atoms with Gasteiger partial charge in [-0.25, -0.2) is 4.79 Å². The monoisotopic (exact) mass is 429 g/mol. The van der Waals surface area contributed by atoms with Crippen LogP contribution in [0.5, 0.6) is 0 Å². The van der Waals surface area contributed by atoms with Crippen molar-refractivity contribution in [3.8, 4) is 0 Å². The molecule has 142 valence electrons. The average molecular weight is 430 g/mol. The molecular formula is C21H24BrN3O2. The molecule has 0 bridgehead atoms. The second-order valence-electron chi connectivity index (χ2n) is 6.86. The number of hydrogen-bond acceptors (Lipinski definition) is 2. The van der Waals surface area contributed by atoms with Gasteiger partial charge in [-0.05, 0) is 36.2 Å². The molecule has 0 atom stereocenters. The molecule has 3 amide bonds. The summed E-state index contributed by atoms with van der Waals surface area (Å²) in [5, 5.41) is 0. The van der Waals surface area contributed by atoms with Crippen LogP contribution < -0.4 is 0 Å². The van der Waals surface area contributed by atoms with Gasteiger partial charge in [0.25, 0.3) is 5.91 Å². The Bertz CT molecular complexity index is 817. The van der Waals surface area contributed by atoms with E-state index in [1.807, 2.05) is 72.3 Å². The minimum absolute atomic E-state index is 0.00535. The third-order valence-electron chi connectivity index (χ3n) is 4.85. The predicted molar refractivity (Wildman–Crippen MR) is 110 cm³/mol.